The smallest absolute Gasteiger partial charge is 0.333 e. The number of hydrogen-bond donors (Lipinski definition) is 1. The zero-order valence-corrected chi connectivity index (χ0v) is 22.7. The van der Waals surface area contributed by atoms with Gasteiger partial charge in [-0.25, -0.2) is 14.8 Å². The number of carbonyl (C=O) groups is 2. The number of amides is 1. The molecule has 0 bridgehead atoms. The van der Waals surface area contributed by atoms with Gasteiger partial charge in [0.1, 0.15) is 6.33 Å². The van der Waals surface area contributed by atoms with Crippen LogP contribution in [0, 0.1) is 11.8 Å². The van der Waals surface area contributed by atoms with Crippen LogP contribution in [0.1, 0.15) is 85.0 Å². The third-order valence-corrected chi connectivity index (χ3v) is 8.46. The maximum Gasteiger partial charge on any atom is 0.333 e. The van der Waals surface area contributed by atoms with Gasteiger partial charge < -0.3 is 14.9 Å². The molecule has 3 aliphatic rings. The lowest BCUT2D eigenvalue weighted by Gasteiger charge is -2.42. The molecule has 2 fully saturated rings. The average molecular weight is 507 g/mol. The van der Waals surface area contributed by atoms with Crippen LogP contribution < -0.4 is 4.90 Å². The first-order chi connectivity index (χ1) is 17.8. The number of hydrogen-bond acceptors (Lipinski definition) is 5. The lowest BCUT2D eigenvalue weighted by atomic mass is 9.81. The third kappa shape index (κ3) is 6.68. The van der Waals surface area contributed by atoms with Crippen molar-refractivity contribution >= 4 is 17.6 Å². The molecular formula is C30H42N4O3. The molecule has 1 aliphatic heterocycles. The van der Waals surface area contributed by atoms with Crippen molar-refractivity contribution in [2.24, 2.45) is 11.8 Å². The largest absolute Gasteiger partial charge is 0.478 e. The van der Waals surface area contributed by atoms with Gasteiger partial charge in [-0.3, -0.25) is 4.79 Å². The highest BCUT2D eigenvalue weighted by molar-refractivity contribution is 5.90. The summed E-state index contributed by atoms with van der Waals surface area (Å²) in [5.74, 6) is -0.266. The van der Waals surface area contributed by atoms with E-state index in [9.17, 15) is 14.7 Å². The molecule has 1 amide bonds. The van der Waals surface area contributed by atoms with E-state index in [1.54, 1.807) is 6.92 Å². The van der Waals surface area contributed by atoms with Crippen LogP contribution in [-0.2, 0) is 9.59 Å². The molecule has 2 heterocycles. The van der Waals surface area contributed by atoms with Gasteiger partial charge in [-0.05, 0) is 101 Å². The van der Waals surface area contributed by atoms with Crippen LogP contribution in [0.3, 0.4) is 0 Å². The first-order valence-electron chi connectivity index (χ1n) is 14.0. The molecule has 2 aliphatic carbocycles. The average Bonchev–Trinajstić information content (AvgIpc) is 2.93. The number of piperidine rings is 1. The molecular weight excluding hydrogens is 464 g/mol. The number of anilines is 1. The predicted octanol–water partition coefficient (Wildman–Crippen LogP) is 5.91. The Kier molecular flexibility index (Phi) is 9.17. The van der Waals surface area contributed by atoms with Crippen molar-refractivity contribution in [2.75, 3.05) is 18.0 Å². The van der Waals surface area contributed by atoms with Gasteiger partial charge in [0, 0.05) is 25.0 Å². The van der Waals surface area contributed by atoms with Crippen molar-refractivity contribution in [3.8, 4) is 0 Å². The molecule has 200 valence electrons. The van der Waals surface area contributed by atoms with Crippen LogP contribution in [0.25, 0.3) is 0 Å². The summed E-state index contributed by atoms with van der Waals surface area (Å²) >= 11 is 0. The summed E-state index contributed by atoms with van der Waals surface area (Å²) in [4.78, 5) is 39.0. The van der Waals surface area contributed by atoms with Crippen LogP contribution >= 0.6 is 0 Å². The second kappa shape index (κ2) is 12.5. The molecule has 0 aromatic carbocycles. The van der Waals surface area contributed by atoms with Gasteiger partial charge in [0.2, 0.25) is 5.91 Å². The summed E-state index contributed by atoms with van der Waals surface area (Å²) in [7, 11) is 0. The number of rotatable bonds is 7. The number of allylic oxidation sites excluding steroid dienone is 4. The number of carboxylic acids is 1. The summed E-state index contributed by atoms with van der Waals surface area (Å²) in [6.45, 7) is 7.52. The Hall–Kier alpha value is -2.96. The Morgan fingerprint density at radius 1 is 1.03 bits per heavy atom. The Balaban J connectivity index is 1.67. The van der Waals surface area contributed by atoms with E-state index in [4.69, 9.17) is 0 Å². The fraction of sp³-hybridized carbons (Fsp3) is 0.600. The van der Waals surface area contributed by atoms with Crippen molar-refractivity contribution in [3.05, 3.63) is 53.3 Å². The Morgan fingerprint density at radius 3 is 2.30 bits per heavy atom. The fourth-order valence-corrected chi connectivity index (χ4v) is 6.00. The Morgan fingerprint density at radius 2 is 1.70 bits per heavy atom. The zero-order chi connectivity index (χ0) is 26.4. The second-order valence-electron chi connectivity index (χ2n) is 11.1. The van der Waals surface area contributed by atoms with Gasteiger partial charge in [0.25, 0.3) is 0 Å². The third-order valence-electron chi connectivity index (χ3n) is 8.46. The van der Waals surface area contributed by atoms with Crippen LogP contribution in [0.15, 0.2) is 53.3 Å². The molecule has 0 atom stereocenters. The van der Waals surface area contributed by atoms with Gasteiger partial charge >= 0.3 is 5.97 Å². The van der Waals surface area contributed by atoms with Gasteiger partial charge in [0.15, 0.2) is 0 Å². The van der Waals surface area contributed by atoms with Gasteiger partial charge in [0.05, 0.1) is 29.4 Å². The molecule has 4 rings (SSSR count). The lowest BCUT2D eigenvalue weighted by Crippen LogP contribution is -2.49. The quantitative estimate of drug-likeness (QED) is 0.366. The highest BCUT2D eigenvalue weighted by atomic mass is 16.4. The topological polar surface area (TPSA) is 86.6 Å². The molecule has 37 heavy (non-hydrogen) atoms. The summed E-state index contributed by atoms with van der Waals surface area (Å²) in [5, 5.41) is 10.1. The van der Waals surface area contributed by atoms with E-state index in [-0.39, 0.29) is 23.4 Å². The standard InChI is InChI=1S/C30H42N4O3/c1-21-9-11-25(12-10-21)29(35)34(26-13-15-33(16-14-26)27-18-31-20-32-19-27)28(23(3)30(36)37)17-22(2)24-7-5-4-6-8-24/h7,17-21,25-26H,4-6,8-16H2,1-3H3,(H,36,37)/b22-17+,28-23-. The van der Waals surface area contributed by atoms with E-state index in [1.807, 2.05) is 23.4 Å². The summed E-state index contributed by atoms with van der Waals surface area (Å²) < 4.78 is 0. The maximum absolute atomic E-state index is 14.2. The lowest BCUT2D eigenvalue weighted by molar-refractivity contribution is -0.137. The SMILES string of the molecule is C/C(C(=O)O)=C(\C=C(/C)C1=CCCCC1)N(C(=O)C1CCC(C)CC1)C1CCN(c2cncnc2)CC1. The van der Waals surface area contributed by atoms with Crippen molar-refractivity contribution in [2.45, 2.75) is 91.0 Å². The molecule has 1 aromatic heterocycles. The molecule has 0 unspecified atom stereocenters. The summed E-state index contributed by atoms with van der Waals surface area (Å²) in [6, 6.07) is -0.0404. The van der Waals surface area contributed by atoms with Crippen LogP contribution in [0.4, 0.5) is 5.69 Å². The van der Waals surface area contributed by atoms with E-state index in [0.29, 0.717) is 11.6 Å². The highest BCUT2D eigenvalue weighted by Gasteiger charge is 2.36. The van der Waals surface area contributed by atoms with Gasteiger partial charge in [-0.2, -0.15) is 0 Å². The summed E-state index contributed by atoms with van der Waals surface area (Å²) in [5.41, 5.74) is 4.15. The van der Waals surface area contributed by atoms with E-state index in [1.165, 1.54) is 18.3 Å². The van der Waals surface area contributed by atoms with Gasteiger partial charge in [-0.1, -0.05) is 13.0 Å². The number of carboxylic acid groups (broad SMARTS) is 1. The molecule has 1 saturated heterocycles. The minimum Gasteiger partial charge on any atom is -0.478 e. The maximum atomic E-state index is 14.2. The molecule has 1 saturated carbocycles. The first kappa shape index (κ1) is 27.1. The van der Waals surface area contributed by atoms with Crippen molar-refractivity contribution in [3.63, 3.8) is 0 Å². The number of carbonyl (C=O) groups excluding carboxylic acids is 1. The van der Waals surface area contributed by atoms with Crippen molar-refractivity contribution < 1.29 is 14.7 Å². The van der Waals surface area contributed by atoms with E-state index in [2.05, 4.69) is 34.8 Å². The monoisotopic (exact) mass is 506 g/mol. The zero-order valence-electron chi connectivity index (χ0n) is 22.7. The molecule has 7 heteroatoms. The molecule has 1 aromatic rings. The van der Waals surface area contributed by atoms with Crippen LogP contribution in [0.2, 0.25) is 0 Å². The van der Waals surface area contributed by atoms with Gasteiger partial charge in [-0.15, -0.1) is 0 Å². The van der Waals surface area contributed by atoms with Crippen LogP contribution in [-0.4, -0.2) is 51.0 Å². The molecule has 0 spiro atoms. The molecule has 0 radical (unpaired) electrons. The normalized spacial score (nSPS) is 24.2. The van der Waals surface area contributed by atoms with E-state index in [0.717, 1.165) is 82.1 Å². The minimum absolute atomic E-state index is 0.0404. The van der Waals surface area contributed by atoms with E-state index >= 15 is 0 Å². The van der Waals surface area contributed by atoms with Crippen molar-refractivity contribution in [1.29, 1.82) is 0 Å². The second-order valence-corrected chi connectivity index (χ2v) is 11.1. The van der Waals surface area contributed by atoms with E-state index < -0.39 is 5.97 Å². The summed E-state index contributed by atoms with van der Waals surface area (Å²) in [6.07, 6.45) is 19.3. The Labute approximate surface area is 221 Å². The van der Waals surface area contributed by atoms with Crippen molar-refractivity contribution in [1.82, 2.24) is 14.9 Å². The molecule has 1 N–H and O–H groups in total. The minimum atomic E-state index is -0.967. The number of aromatic nitrogens is 2. The highest BCUT2D eigenvalue weighted by Crippen LogP contribution is 2.35. The fourth-order valence-electron chi connectivity index (χ4n) is 6.00. The molecule has 7 nitrogen and oxygen atoms in total. The first-order valence-corrected chi connectivity index (χ1v) is 14.0. The van der Waals surface area contributed by atoms with Crippen LogP contribution in [0.5, 0.6) is 0 Å². The predicted molar refractivity (Wildman–Crippen MR) is 146 cm³/mol. The Bertz CT molecular complexity index is 1050. The number of nitrogens with zero attached hydrogens (tertiary/aromatic N) is 4. The number of aliphatic carboxylic acids is 1.